The highest BCUT2D eigenvalue weighted by Crippen LogP contribution is 2.15. The van der Waals surface area contributed by atoms with Crippen molar-refractivity contribution in [1.82, 2.24) is 9.78 Å². The van der Waals surface area contributed by atoms with Crippen LogP contribution in [0.3, 0.4) is 0 Å². The van der Waals surface area contributed by atoms with Crippen LogP contribution in [0.4, 0.5) is 0 Å². The molecule has 2 aromatic rings. The van der Waals surface area contributed by atoms with Crippen LogP contribution in [0.5, 0.6) is 5.75 Å². The molecule has 0 bridgehead atoms. The Hall–Kier alpha value is -1.77. The predicted octanol–water partition coefficient (Wildman–Crippen LogP) is 3.20. The molecule has 96 valence electrons. The zero-order valence-corrected chi connectivity index (χ0v) is 11.3. The van der Waals surface area contributed by atoms with E-state index < -0.39 is 0 Å². The summed E-state index contributed by atoms with van der Waals surface area (Å²) in [7, 11) is 0. The van der Waals surface area contributed by atoms with Crippen LogP contribution in [0.25, 0.3) is 0 Å². The van der Waals surface area contributed by atoms with Crippen LogP contribution in [0.1, 0.15) is 30.8 Å². The Morgan fingerprint density at radius 1 is 1.17 bits per heavy atom. The number of benzene rings is 1. The molecule has 1 aromatic heterocycles. The summed E-state index contributed by atoms with van der Waals surface area (Å²) >= 11 is 0. The second kappa shape index (κ2) is 5.71. The Bertz CT molecular complexity index is 500. The third-order valence-corrected chi connectivity index (χ3v) is 2.95. The van der Waals surface area contributed by atoms with Gasteiger partial charge in [-0.2, -0.15) is 5.10 Å². The summed E-state index contributed by atoms with van der Waals surface area (Å²) in [5.74, 6) is 0.927. The third-order valence-electron chi connectivity index (χ3n) is 2.95. The fourth-order valence-corrected chi connectivity index (χ4v) is 2.06. The Balaban J connectivity index is 2.08. The normalized spacial score (nSPS) is 10.6. The molecule has 1 aromatic carbocycles. The first-order valence-corrected chi connectivity index (χ1v) is 6.48. The zero-order chi connectivity index (χ0) is 13.0. The van der Waals surface area contributed by atoms with Crippen LogP contribution in [0, 0.1) is 6.92 Å². The highest BCUT2D eigenvalue weighted by atomic mass is 16.5. The summed E-state index contributed by atoms with van der Waals surface area (Å²) in [6, 6.07) is 10.4. The molecule has 0 saturated carbocycles. The highest BCUT2D eigenvalue weighted by molar-refractivity contribution is 5.30. The Kier molecular flexibility index (Phi) is 4.03. The molecule has 3 heteroatoms. The second-order valence-electron chi connectivity index (χ2n) is 4.35. The van der Waals surface area contributed by atoms with Gasteiger partial charge in [0.25, 0.3) is 0 Å². The van der Waals surface area contributed by atoms with Crippen molar-refractivity contribution in [2.45, 2.75) is 33.7 Å². The van der Waals surface area contributed by atoms with E-state index >= 15 is 0 Å². The molecular weight excluding hydrogens is 224 g/mol. The van der Waals surface area contributed by atoms with Gasteiger partial charge in [0.1, 0.15) is 5.75 Å². The minimum absolute atomic E-state index is 0.708. The molecule has 0 aliphatic carbocycles. The Morgan fingerprint density at radius 3 is 2.44 bits per heavy atom. The summed E-state index contributed by atoms with van der Waals surface area (Å²) < 4.78 is 7.46. The first-order valence-electron chi connectivity index (χ1n) is 6.48. The largest absolute Gasteiger partial charge is 0.494 e. The second-order valence-corrected chi connectivity index (χ2v) is 4.35. The molecule has 0 N–H and O–H groups in total. The van der Waals surface area contributed by atoms with E-state index in [0.29, 0.717) is 6.61 Å². The fourth-order valence-electron chi connectivity index (χ4n) is 2.06. The van der Waals surface area contributed by atoms with E-state index in [-0.39, 0.29) is 0 Å². The molecule has 0 fully saturated rings. The van der Waals surface area contributed by atoms with E-state index in [1.807, 2.05) is 23.7 Å². The van der Waals surface area contributed by atoms with Crippen molar-refractivity contribution in [1.29, 1.82) is 0 Å². The average Bonchev–Trinajstić information content (AvgIpc) is 2.72. The minimum atomic E-state index is 0.708. The van der Waals surface area contributed by atoms with E-state index in [0.717, 1.165) is 24.4 Å². The van der Waals surface area contributed by atoms with Crippen molar-refractivity contribution in [3.63, 3.8) is 0 Å². The van der Waals surface area contributed by atoms with E-state index in [1.54, 1.807) is 0 Å². The molecule has 0 unspecified atom stereocenters. The smallest absolute Gasteiger partial charge is 0.119 e. The summed E-state index contributed by atoms with van der Waals surface area (Å²) in [4.78, 5) is 0. The maximum Gasteiger partial charge on any atom is 0.119 e. The van der Waals surface area contributed by atoms with E-state index in [4.69, 9.17) is 4.74 Å². The molecule has 0 radical (unpaired) electrons. The molecule has 0 amide bonds. The molecule has 0 saturated heterocycles. The van der Waals surface area contributed by atoms with Gasteiger partial charge in [-0.05, 0) is 44.5 Å². The van der Waals surface area contributed by atoms with Crippen LogP contribution in [-0.4, -0.2) is 16.4 Å². The molecule has 0 aliphatic heterocycles. The van der Waals surface area contributed by atoms with Gasteiger partial charge < -0.3 is 4.74 Å². The van der Waals surface area contributed by atoms with Crippen molar-refractivity contribution in [2.24, 2.45) is 0 Å². The number of rotatable bonds is 5. The lowest BCUT2D eigenvalue weighted by Crippen LogP contribution is -1.99. The summed E-state index contributed by atoms with van der Waals surface area (Å²) in [5, 5.41) is 4.57. The average molecular weight is 244 g/mol. The molecule has 1 heterocycles. The van der Waals surface area contributed by atoms with Crippen molar-refractivity contribution < 1.29 is 4.74 Å². The van der Waals surface area contributed by atoms with Gasteiger partial charge in [0.15, 0.2) is 0 Å². The molecule has 3 nitrogen and oxygen atoms in total. The van der Waals surface area contributed by atoms with Gasteiger partial charge >= 0.3 is 0 Å². The maximum absolute atomic E-state index is 5.43. The van der Waals surface area contributed by atoms with E-state index in [2.05, 4.69) is 37.1 Å². The van der Waals surface area contributed by atoms with Crippen molar-refractivity contribution in [3.05, 3.63) is 47.3 Å². The van der Waals surface area contributed by atoms with Crippen LogP contribution in [-0.2, 0) is 13.0 Å². The van der Waals surface area contributed by atoms with Crippen molar-refractivity contribution in [2.75, 3.05) is 6.61 Å². The standard InChI is InChI=1S/C15H20N2O/c1-4-17-12(3)10-14(16-17)11-13-6-8-15(9-7-13)18-5-2/h6-10H,4-5,11H2,1-3H3. The van der Waals surface area contributed by atoms with Gasteiger partial charge in [0, 0.05) is 18.7 Å². The van der Waals surface area contributed by atoms with Gasteiger partial charge in [0.05, 0.1) is 12.3 Å². The van der Waals surface area contributed by atoms with Crippen LogP contribution >= 0.6 is 0 Å². The van der Waals surface area contributed by atoms with Crippen molar-refractivity contribution in [3.8, 4) is 5.75 Å². The monoisotopic (exact) mass is 244 g/mol. The lowest BCUT2D eigenvalue weighted by molar-refractivity contribution is 0.340. The third kappa shape index (κ3) is 2.92. The minimum Gasteiger partial charge on any atom is -0.494 e. The molecular formula is C15H20N2O. The Labute approximate surface area is 108 Å². The van der Waals surface area contributed by atoms with Gasteiger partial charge in [-0.25, -0.2) is 0 Å². The SMILES string of the molecule is CCOc1ccc(Cc2cc(C)n(CC)n2)cc1. The number of hydrogen-bond acceptors (Lipinski definition) is 2. The maximum atomic E-state index is 5.43. The van der Waals surface area contributed by atoms with Gasteiger partial charge in [-0.3, -0.25) is 4.68 Å². The number of aromatic nitrogens is 2. The van der Waals surface area contributed by atoms with Gasteiger partial charge in [-0.15, -0.1) is 0 Å². The fraction of sp³-hybridized carbons (Fsp3) is 0.400. The molecule has 0 aliphatic rings. The quantitative estimate of drug-likeness (QED) is 0.807. The number of aryl methyl sites for hydroxylation is 2. The first kappa shape index (κ1) is 12.7. The number of ether oxygens (including phenoxy) is 1. The van der Waals surface area contributed by atoms with E-state index in [1.165, 1.54) is 11.3 Å². The predicted molar refractivity (Wildman–Crippen MR) is 73.1 cm³/mol. The number of hydrogen-bond donors (Lipinski definition) is 0. The molecule has 0 spiro atoms. The zero-order valence-electron chi connectivity index (χ0n) is 11.3. The van der Waals surface area contributed by atoms with Gasteiger partial charge in [-0.1, -0.05) is 12.1 Å². The van der Waals surface area contributed by atoms with Gasteiger partial charge in [0.2, 0.25) is 0 Å². The molecule has 0 atom stereocenters. The summed E-state index contributed by atoms with van der Waals surface area (Å²) in [6.07, 6.45) is 0.875. The highest BCUT2D eigenvalue weighted by Gasteiger charge is 2.04. The molecule has 2 rings (SSSR count). The molecule has 18 heavy (non-hydrogen) atoms. The van der Waals surface area contributed by atoms with Crippen molar-refractivity contribution >= 4 is 0 Å². The lowest BCUT2D eigenvalue weighted by atomic mass is 10.1. The first-order chi connectivity index (χ1) is 8.72. The number of nitrogens with zero attached hydrogens (tertiary/aromatic N) is 2. The van der Waals surface area contributed by atoms with Crippen LogP contribution in [0.2, 0.25) is 0 Å². The summed E-state index contributed by atoms with van der Waals surface area (Å²) in [5.41, 5.74) is 3.61. The Morgan fingerprint density at radius 2 is 1.89 bits per heavy atom. The summed E-state index contributed by atoms with van der Waals surface area (Å²) in [6.45, 7) is 7.83. The van der Waals surface area contributed by atoms with Crippen LogP contribution < -0.4 is 4.74 Å². The topological polar surface area (TPSA) is 27.1 Å². The van der Waals surface area contributed by atoms with E-state index in [9.17, 15) is 0 Å². The van der Waals surface area contributed by atoms with Crippen LogP contribution in [0.15, 0.2) is 30.3 Å². The lowest BCUT2D eigenvalue weighted by Gasteiger charge is -2.03.